The Morgan fingerprint density at radius 1 is 0.852 bits per heavy atom. The number of halogens is 2. The SMILES string of the molecule is Cc1c(F)cc(-c2ccc(CCCCC3CCC(C[SiH3])CC3)cc2)cc1F. The lowest BCUT2D eigenvalue weighted by Gasteiger charge is -2.27. The van der Waals surface area contributed by atoms with E-state index in [9.17, 15) is 8.78 Å². The van der Waals surface area contributed by atoms with Crippen LogP contribution >= 0.6 is 0 Å². The zero-order chi connectivity index (χ0) is 19.2. The van der Waals surface area contributed by atoms with Gasteiger partial charge in [0.1, 0.15) is 11.6 Å². The van der Waals surface area contributed by atoms with Gasteiger partial charge < -0.3 is 0 Å². The molecule has 1 saturated carbocycles. The Kier molecular flexibility index (Phi) is 7.23. The van der Waals surface area contributed by atoms with E-state index in [-0.39, 0.29) is 5.56 Å². The van der Waals surface area contributed by atoms with Gasteiger partial charge in [0.25, 0.3) is 0 Å². The van der Waals surface area contributed by atoms with Crippen molar-refractivity contribution in [2.24, 2.45) is 11.8 Å². The van der Waals surface area contributed by atoms with Crippen LogP contribution in [0.1, 0.15) is 56.1 Å². The summed E-state index contributed by atoms with van der Waals surface area (Å²) in [6.45, 7) is 1.47. The van der Waals surface area contributed by atoms with Crippen LogP contribution in [0.25, 0.3) is 11.1 Å². The lowest BCUT2D eigenvalue weighted by atomic mass is 9.80. The molecule has 2 aromatic rings. The first-order valence-corrected chi connectivity index (χ1v) is 12.0. The largest absolute Gasteiger partial charge is 0.207 e. The third-order valence-corrected chi connectivity index (χ3v) is 7.59. The molecule has 2 aromatic carbocycles. The number of rotatable bonds is 7. The lowest BCUT2D eigenvalue weighted by molar-refractivity contribution is 0.272. The Hall–Kier alpha value is -1.48. The molecule has 1 aliphatic carbocycles. The summed E-state index contributed by atoms with van der Waals surface area (Å²) in [4.78, 5) is 0. The second-order valence-electron chi connectivity index (χ2n) is 8.30. The molecule has 0 radical (unpaired) electrons. The van der Waals surface area contributed by atoms with Gasteiger partial charge in [-0.1, -0.05) is 68.8 Å². The molecule has 27 heavy (non-hydrogen) atoms. The minimum absolute atomic E-state index is 0.0837. The molecule has 0 amide bonds. The first-order valence-electron chi connectivity index (χ1n) is 10.6. The van der Waals surface area contributed by atoms with Crippen LogP contribution in [0.4, 0.5) is 8.78 Å². The van der Waals surface area contributed by atoms with E-state index in [1.807, 2.05) is 12.1 Å². The first kappa shape index (κ1) is 20.3. The van der Waals surface area contributed by atoms with Gasteiger partial charge in [0.15, 0.2) is 0 Å². The van der Waals surface area contributed by atoms with Crippen LogP contribution < -0.4 is 0 Å². The third-order valence-electron chi connectivity index (χ3n) is 6.44. The molecule has 0 atom stereocenters. The fourth-order valence-corrected chi connectivity index (χ4v) is 5.18. The summed E-state index contributed by atoms with van der Waals surface area (Å²) >= 11 is 0. The summed E-state index contributed by atoms with van der Waals surface area (Å²) in [5.74, 6) is 1.04. The minimum Gasteiger partial charge on any atom is -0.207 e. The van der Waals surface area contributed by atoms with E-state index in [2.05, 4.69) is 12.1 Å². The molecule has 0 nitrogen and oxygen atoms in total. The van der Waals surface area contributed by atoms with E-state index in [1.54, 1.807) is 0 Å². The van der Waals surface area contributed by atoms with Gasteiger partial charge in [-0.05, 0) is 60.4 Å². The van der Waals surface area contributed by atoms with Crippen molar-refractivity contribution in [3.8, 4) is 11.1 Å². The zero-order valence-electron chi connectivity index (χ0n) is 16.7. The Morgan fingerprint density at radius 3 is 2.04 bits per heavy atom. The van der Waals surface area contributed by atoms with Crippen molar-refractivity contribution in [3.63, 3.8) is 0 Å². The van der Waals surface area contributed by atoms with Crippen LogP contribution in [0.3, 0.4) is 0 Å². The maximum atomic E-state index is 13.8. The quantitative estimate of drug-likeness (QED) is 0.390. The molecule has 1 aliphatic rings. The zero-order valence-corrected chi connectivity index (χ0v) is 18.7. The minimum atomic E-state index is -0.482. The molecule has 0 aromatic heterocycles. The van der Waals surface area contributed by atoms with E-state index in [0.29, 0.717) is 5.56 Å². The molecule has 3 rings (SSSR count). The molecule has 0 bridgehead atoms. The molecule has 0 unspecified atom stereocenters. The predicted molar refractivity (Wildman–Crippen MR) is 114 cm³/mol. The highest BCUT2D eigenvalue weighted by atomic mass is 28.1. The van der Waals surface area contributed by atoms with E-state index in [1.165, 1.54) is 85.9 Å². The summed E-state index contributed by atoms with van der Waals surface area (Å²) in [6, 6.07) is 12.5. The highest BCUT2D eigenvalue weighted by molar-refractivity contribution is 6.08. The van der Waals surface area contributed by atoms with Gasteiger partial charge in [-0.2, -0.15) is 0 Å². The van der Waals surface area contributed by atoms with Crippen LogP contribution in [-0.2, 0) is 6.42 Å². The van der Waals surface area contributed by atoms with Crippen LogP contribution in [-0.4, -0.2) is 10.2 Å². The number of hydrogen-bond acceptors (Lipinski definition) is 0. The van der Waals surface area contributed by atoms with Gasteiger partial charge >= 0.3 is 0 Å². The second-order valence-corrected chi connectivity index (χ2v) is 9.12. The molecular formula is C24H32F2Si. The number of benzene rings is 2. The monoisotopic (exact) mass is 386 g/mol. The molecular weight excluding hydrogens is 354 g/mol. The molecule has 0 spiro atoms. The highest BCUT2D eigenvalue weighted by Crippen LogP contribution is 2.33. The van der Waals surface area contributed by atoms with E-state index < -0.39 is 11.6 Å². The topological polar surface area (TPSA) is 0 Å². The third kappa shape index (κ3) is 5.51. The van der Waals surface area contributed by atoms with Crippen molar-refractivity contribution in [1.29, 1.82) is 0 Å². The van der Waals surface area contributed by atoms with Crippen LogP contribution in [0.15, 0.2) is 36.4 Å². The molecule has 3 heteroatoms. The molecule has 1 fully saturated rings. The Bertz CT molecular complexity index is 708. The van der Waals surface area contributed by atoms with Gasteiger partial charge in [0.2, 0.25) is 0 Å². The Balaban J connectivity index is 1.46. The van der Waals surface area contributed by atoms with Crippen molar-refractivity contribution in [1.82, 2.24) is 0 Å². The van der Waals surface area contributed by atoms with Crippen molar-refractivity contribution in [2.75, 3.05) is 0 Å². The molecule has 0 heterocycles. The Labute approximate surface area is 165 Å². The van der Waals surface area contributed by atoms with E-state index in [4.69, 9.17) is 0 Å². The summed E-state index contributed by atoms with van der Waals surface area (Å²) in [7, 11) is 1.36. The second kappa shape index (κ2) is 9.63. The maximum Gasteiger partial charge on any atom is 0.129 e. The van der Waals surface area contributed by atoms with Gasteiger partial charge in [0, 0.05) is 15.8 Å². The van der Waals surface area contributed by atoms with Crippen molar-refractivity contribution < 1.29 is 8.78 Å². The average molecular weight is 387 g/mol. The first-order chi connectivity index (χ1) is 13.1. The van der Waals surface area contributed by atoms with Crippen LogP contribution in [0.5, 0.6) is 0 Å². The van der Waals surface area contributed by atoms with Crippen molar-refractivity contribution in [2.45, 2.75) is 64.3 Å². The fourth-order valence-electron chi connectivity index (χ4n) is 4.37. The van der Waals surface area contributed by atoms with Crippen LogP contribution in [0.2, 0.25) is 6.04 Å². The highest BCUT2D eigenvalue weighted by Gasteiger charge is 2.19. The van der Waals surface area contributed by atoms with Crippen LogP contribution in [0, 0.1) is 30.4 Å². The summed E-state index contributed by atoms with van der Waals surface area (Å²) < 4.78 is 27.5. The molecule has 0 aliphatic heterocycles. The van der Waals surface area contributed by atoms with Gasteiger partial charge in [-0.15, -0.1) is 0 Å². The van der Waals surface area contributed by atoms with Gasteiger partial charge in [-0.3, -0.25) is 0 Å². The van der Waals surface area contributed by atoms with Crippen molar-refractivity contribution >= 4 is 10.2 Å². The summed E-state index contributed by atoms with van der Waals surface area (Å²) in [5.41, 5.74) is 2.87. The normalized spacial score (nSPS) is 20.1. The number of hydrogen-bond donors (Lipinski definition) is 0. The predicted octanol–water partition coefficient (Wildman–Crippen LogP) is 6.24. The summed E-state index contributed by atoms with van der Waals surface area (Å²) in [5, 5.41) is 0. The standard InChI is InChI=1S/C24H32F2Si/c1-17-23(25)14-22(15-24(17)26)21-12-10-19(11-13-21)5-3-2-4-18-6-8-20(16-27)9-7-18/h10-15,18,20H,2-9,16H2,1,27H3. The average Bonchev–Trinajstić information content (AvgIpc) is 2.70. The number of unbranched alkanes of at least 4 members (excludes halogenated alkanes) is 1. The maximum absolute atomic E-state index is 13.8. The molecule has 0 N–H and O–H groups in total. The fraction of sp³-hybridized carbons (Fsp3) is 0.500. The summed E-state index contributed by atoms with van der Waals surface area (Å²) in [6.07, 6.45) is 10.9. The van der Waals surface area contributed by atoms with E-state index in [0.717, 1.165) is 23.8 Å². The van der Waals surface area contributed by atoms with E-state index >= 15 is 0 Å². The number of aryl methyl sites for hydroxylation is 1. The Morgan fingerprint density at radius 2 is 1.44 bits per heavy atom. The molecule has 146 valence electrons. The van der Waals surface area contributed by atoms with Crippen molar-refractivity contribution in [3.05, 3.63) is 59.2 Å². The lowest BCUT2D eigenvalue weighted by Crippen LogP contribution is -2.14. The van der Waals surface area contributed by atoms with Gasteiger partial charge in [-0.25, -0.2) is 8.78 Å². The smallest absolute Gasteiger partial charge is 0.129 e. The molecule has 0 saturated heterocycles. The van der Waals surface area contributed by atoms with Gasteiger partial charge in [0.05, 0.1) is 0 Å².